The highest BCUT2D eigenvalue weighted by atomic mass is 79.9. The average molecular weight is 335 g/mol. The molecule has 2 rings (SSSR count). The van der Waals surface area contributed by atoms with Crippen LogP contribution in [0.15, 0.2) is 28.7 Å². The Morgan fingerprint density at radius 2 is 1.42 bits per heavy atom. The molecule has 2 nitrogen and oxygen atoms in total. The van der Waals surface area contributed by atoms with Gasteiger partial charge in [-0.15, -0.1) is 0 Å². The van der Waals surface area contributed by atoms with E-state index in [4.69, 9.17) is 5.73 Å². The summed E-state index contributed by atoms with van der Waals surface area (Å²) in [6, 6.07) is 3.42. The number of anilines is 3. The van der Waals surface area contributed by atoms with Gasteiger partial charge in [-0.1, -0.05) is 0 Å². The second kappa shape index (κ2) is 5.08. The van der Waals surface area contributed by atoms with Gasteiger partial charge in [0.15, 0.2) is 11.6 Å². The maximum absolute atomic E-state index is 13.5. The van der Waals surface area contributed by atoms with Gasteiger partial charge in [0.25, 0.3) is 0 Å². The molecule has 0 atom stereocenters. The maximum Gasteiger partial charge on any atom is 0.151 e. The molecule has 0 spiro atoms. The molecule has 0 aliphatic heterocycles. The lowest BCUT2D eigenvalue weighted by Gasteiger charge is -2.11. The molecule has 0 radical (unpaired) electrons. The molecule has 0 aliphatic carbocycles. The highest BCUT2D eigenvalue weighted by Crippen LogP contribution is 2.29. The van der Waals surface area contributed by atoms with E-state index in [9.17, 15) is 17.6 Å². The maximum atomic E-state index is 13.5. The second-order valence-electron chi connectivity index (χ2n) is 3.73. The highest BCUT2D eigenvalue weighted by Gasteiger charge is 2.14. The third-order valence-corrected chi connectivity index (χ3v) is 2.94. The Hall–Kier alpha value is -1.76. The summed E-state index contributed by atoms with van der Waals surface area (Å²) in [6.45, 7) is 0. The number of nitrogen functional groups attached to an aromatic ring is 1. The van der Waals surface area contributed by atoms with Crippen LogP contribution in [-0.4, -0.2) is 0 Å². The van der Waals surface area contributed by atoms with Crippen molar-refractivity contribution < 1.29 is 17.6 Å². The molecule has 0 bridgehead atoms. The number of nitrogens with one attached hydrogen (secondary N) is 1. The monoisotopic (exact) mass is 334 g/mol. The molecule has 7 heteroatoms. The van der Waals surface area contributed by atoms with E-state index >= 15 is 0 Å². The predicted octanol–water partition coefficient (Wildman–Crippen LogP) is 4.33. The molecule has 0 aromatic heterocycles. The number of hydrogen-bond donors (Lipinski definition) is 2. The number of nitrogens with two attached hydrogens (primary N) is 1. The SMILES string of the molecule is Nc1cc(F)c(Nc2cc(Br)c(F)cc2F)c(F)c1. The second-order valence-corrected chi connectivity index (χ2v) is 4.59. The van der Waals surface area contributed by atoms with Crippen molar-refractivity contribution >= 4 is 33.0 Å². The quantitative estimate of drug-likeness (QED) is 0.487. The Kier molecular flexibility index (Phi) is 3.66. The van der Waals surface area contributed by atoms with E-state index in [1.807, 2.05) is 0 Å². The molecule has 3 N–H and O–H groups in total. The molecule has 0 aliphatic rings. The zero-order valence-corrected chi connectivity index (χ0v) is 10.9. The largest absolute Gasteiger partial charge is 0.399 e. The molecule has 0 unspecified atom stereocenters. The van der Waals surface area contributed by atoms with Gasteiger partial charge in [0.1, 0.15) is 17.3 Å². The van der Waals surface area contributed by atoms with E-state index < -0.39 is 29.0 Å². The predicted molar refractivity (Wildman–Crippen MR) is 68.1 cm³/mol. The minimum atomic E-state index is -0.976. The van der Waals surface area contributed by atoms with Crippen molar-refractivity contribution in [1.29, 1.82) is 0 Å². The van der Waals surface area contributed by atoms with Crippen molar-refractivity contribution in [3.63, 3.8) is 0 Å². The third-order valence-electron chi connectivity index (χ3n) is 2.33. The zero-order chi connectivity index (χ0) is 14.2. The normalized spacial score (nSPS) is 10.6. The van der Waals surface area contributed by atoms with Crippen molar-refractivity contribution in [3.8, 4) is 0 Å². The Balaban J connectivity index is 2.45. The van der Waals surface area contributed by atoms with Crippen molar-refractivity contribution in [2.45, 2.75) is 0 Å². The summed E-state index contributed by atoms with van der Waals surface area (Å²) in [5, 5.41) is 2.23. The molecule has 0 amide bonds. The summed E-state index contributed by atoms with van der Waals surface area (Å²) in [5.41, 5.74) is 4.33. The summed E-state index contributed by atoms with van der Waals surface area (Å²) in [7, 11) is 0. The number of benzene rings is 2. The van der Waals surface area contributed by atoms with Gasteiger partial charge in [0.05, 0.1) is 10.2 Å². The summed E-state index contributed by atoms with van der Waals surface area (Å²) in [5.74, 6) is -3.74. The van der Waals surface area contributed by atoms with E-state index in [1.54, 1.807) is 0 Å². The van der Waals surface area contributed by atoms with Crippen LogP contribution >= 0.6 is 15.9 Å². The molecule has 0 saturated heterocycles. The Bertz CT molecular complexity index is 623. The van der Waals surface area contributed by atoms with E-state index in [1.165, 1.54) is 0 Å². The average Bonchev–Trinajstić information content (AvgIpc) is 2.29. The van der Waals surface area contributed by atoms with Gasteiger partial charge in [-0.25, -0.2) is 17.6 Å². The minimum Gasteiger partial charge on any atom is -0.399 e. The molecule has 100 valence electrons. The highest BCUT2D eigenvalue weighted by molar-refractivity contribution is 9.10. The molecule has 19 heavy (non-hydrogen) atoms. The van der Waals surface area contributed by atoms with Gasteiger partial charge in [-0.05, 0) is 34.1 Å². The van der Waals surface area contributed by atoms with Crippen molar-refractivity contribution in [1.82, 2.24) is 0 Å². The summed E-state index contributed by atoms with van der Waals surface area (Å²) in [4.78, 5) is 0. The molecule has 2 aromatic rings. The van der Waals surface area contributed by atoms with Gasteiger partial charge >= 0.3 is 0 Å². The van der Waals surface area contributed by atoms with Gasteiger partial charge in [-0.2, -0.15) is 0 Å². The first-order chi connectivity index (χ1) is 8.88. The molecular weight excluding hydrogens is 328 g/mol. The Labute approximate surface area is 114 Å². The zero-order valence-electron chi connectivity index (χ0n) is 9.28. The van der Waals surface area contributed by atoms with Crippen molar-refractivity contribution in [2.75, 3.05) is 11.1 Å². The fourth-order valence-corrected chi connectivity index (χ4v) is 1.81. The van der Waals surface area contributed by atoms with Crippen LogP contribution in [0.2, 0.25) is 0 Å². The first kappa shape index (κ1) is 13.7. The van der Waals surface area contributed by atoms with Gasteiger partial charge in [-0.3, -0.25) is 0 Å². The topological polar surface area (TPSA) is 38.0 Å². The molecular formula is C12H7BrF4N2. The van der Waals surface area contributed by atoms with Crippen LogP contribution in [0.4, 0.5) is 34.6 Å². The molecule has 0 fully saturated rings. The molecule has 0 heterocycles. The van der Waals surface area contributed by atoms with E-state index in [0.717, 1.165) is 18.2 Å². The summed E-state index contributed by atoms with van der Waals surface area (Å²) in [6.07, 6.45) is 0. The third kappa shape index (κ3) is 2.81. The lowest BCUT2D eigenvalue weighted by Crippen LogP contribution is -2.02. The molecule has 2 aromatic carbocycles. The van der Waals surface area contributed by atoms with Crippen LogP contribution in [0.3, 0.4) is 0 Å². The number of hydrogen-bond acceptors (Lipinski definition) is 2. The standard InChI is InChI=1S/C12H7BrF4N2/c13-6-3-11(8(15)4-7(6)14)19-12-9(16)1-5(18)2-10(12)17/h1-4,19H,18H2. The van der Waals surface area contributed by atoms with Gasteiger partial charge in [0, 0.05) is 11.8 Å². The minimum absolute atomic E-state index is 0.0346. The number of halogens is 5. The van der Waals surface area contributed by atoms with Gasteiger partial charge in [0.2, 0.25) is 0 Å². The van der Waals surface area contributed by atoms with Crippen LogP contribution in [-0.2, 0) is 0 Å². The lowest BCUT2D eigenvalue weighted by molar-refractivity contribution is 0.579. The Morgan fingerprint density at radius 1 is 0.842 bits per heavy atom. The molecule has 0 saturated carbocycles. The van der Waals surface area contributed by atoms with Crippen LogP contribution in [0.25, 0.3) is 0 Å². The van der Waals surface area contributed by atoms with E-state index in [-0.39, 0.29) is 15.8 Å². The van der Waals surface area contributed by atoms with Crippen LogP contribution in [0.5, 0.6) is 0 Å². The van der Waals surface area contributed by atoms with Crippen LogP contribution in [0, 0.1) is 23.3 Å². The van der Waals surface area contributed by atoms with Crippen molar-refractivity contribution in [2.24, 2.45) is 0 Å². The summed E-state index contributed by atoms with van der Waals surface area (Å²) < 4.78 is 53.5. The van der Waals surface area contributed by atoms with Crippen molar-refractivity contribution in [3.05, 3.63) is 52.0 Å². The van der Waals surface area contributed by atoms with E-state index in [0.29, 0.717) is 6.07 Å². The fraction of sp³-hybridized carbons (Fsp3) is 0. The first-order valence-electron chi connectivity index (χ1n) is 5.04. The smallest absolute Gasteiger partial charge is 0.151 e. The fourth-order valence-electron chi connectivity index (χ4n) is 1.47. The van der Waals surface area contributed by atoms with Gasteiger partial charge < -0.3 is 11.1 Å². The van der Waals surface area contributed by atoms with Crippen LogP contribution < -0.4 is 11.1 Å². The Morgan fingerprint density at radius 3 is 2.00 bits per heavy atom. The first-order valence-corrected chi connectivity index (χ1v) is 5.84. The summed E-state index contributed by atoms with van der Waals surface area (Å²) >= 11 is 2.85. The van der Waals surface area contributed by atoms with E-state index in [2.05, 4.69) is 21.2 Å². The van der Waals surface area contributed by atoms with Crippen LogP contribution in [0.1, 0.15) is 0 Å². The number of rotatable bonds is 2. The lowest BCUT2D eigenvalue weighted by atomic mass is 10.2.